The van der Waals surface area contributed by atoms with Crippen molar-refractivity contribution >= 4 is 11.5 Å². The van der Waals surface area contributed by atoms with Gasteiger partial charge in [0.2, 0.25) is 5.88 Å². The van der Waals surface area contributed by atoms with Crippen LogP contribution in [0.15, 0.2) is 24.5 Å². The second-order valence-corrected chi connectivity index (χ2v) is 3.76. The Bertz CT molecular complexity index is 529. The fraction of sp³-hybridized carbons (Fsp3) is 0.250. The lowest BCUT2D eigenvalue weighted by atomic mass is 10.3. The van der Waals surface area contributed by atoms with Crippen LogP contribution in [0.1, 0.15) is 11.4 Å². The van der Waals surface area contributed by atoms with E-state index in [9.17, 15) is 0 Å². The van der Waals surface area contributed by atoms with Crippen molar-refractivity contribution in [3.63, 3.8) is 0 Å². The Balaban J connectivity index is 2.17. The van der Waals surface area contributed by atoms with Gasteiger partial charge in [0.25, 0.3) is 0 Å². The van der Waals surface area contributed by atoms with E-state index in [1.807, 2.05) is 12.1 Å². The summed E-state index contributed by atoms with van der Waals surface area (Å²) in [6.45, 7) is 2.38. The number of hydrogen-bond donors (Lipinski definition) is 2. The maximum absolute atomic E-state index is 5.90. The molecule has 94 valence electrons. The molecule has 0 aliphatic rings. The standard InChI is InChI=1S/C12H15N5O/c1-8-16-11(10(13)12(17-8)18-2)15-7-9-4-3-5-14-6-9/h3-6H,7,13H2,1-2H3,(H,15,16,17). The number of anilines is 2. The highest BCUT2D eigenvalue weighted by atomic mass is 16.5. The lowest BCUT2D eigenvalue weighted by Gasteiger charge is -2.11. The Morgan fingerprint density at radius 1 is 1.39 bits per heavy atom. The molecule has 0 amide bonds. The zero-order valence-electron chi connectivity index (χ0n) is 10.3. The average molecular weight is 245 g/mol. The molecule has 0 radical (unpaired) electrons. The van der Waals surface area contributed by atoms with Crippen molar-refractivity contribution in [2.75, 3.05) is 18.2 Å². The largest absolute Gasteiger partial charge is 0.479 e. The fourth-order valence-electron chi connectivity index (χ4n) is 1.53. The number of nitrogens with one attached hydrogen (secondary N) is 1. The van der Waals surface area contributed by atoms with Crippen molar-refractivity contribution in [1.82, 2.24) is 15.0 Å². The molecule has 2 aromatic rings. The first kappa shape index (κ1) is 12.1. The first-order chi connectivity index (χ1) is 8.70. The zero-order chi connectivity index (χ0) is 13.0. The third kappa shape index (κ3) is 2.65. The van der Waals surface area contributed by atoms with Crippen molar-refractivity contribution < 1.29 is 4.74 Å². The maximum atomic E-state index is 5.90. The van der Waals surface area contributed by atoms with E-state index in [4.69, 9.17) is 10.5 Å². The molecule has 0 aliphatic carbocycles. The van der Waals surface area contributed by atoms with Gasteiger partial charge in [-0.15, -0.1) is 0 Å². The highest BCUT2D eigenvalue weighted by molar-refractivity contribution is 5.66. The van der Waals surface area contributed by atoms with E-state index in [-0.39, 0.29) is 0 Å². The Labute approximate surface area is 105 Å². The van der Waals surface area contributed by atoms with Gasteiger partial charge in [-0.1, -0.05) is 6.07 Å². The van der Waals surface area contributed by atoms with Crippen LogP contribution in [0.2, 0.25) is 0 Å². The predicted molar refractivity (Wildman–Crippen MR) is 69.3 cm³/mol. The van der Waals surface area contributed by atoms with Gasteiger partial charge in [-0.25, -0.2) is 4.98 Å². The number of nitrogens with two attached hydrogens (primary N) is 1. The molecule has 2 aromatic heterocycles. The van der Waals surface area contributed by atoms with Crippen LogP contribution in [-0.4, -0.2) is 22.1 Å². The van der Waals surface area contributed by atoms with E-state index >= 15 is 0 Å². The molecular weight excluding hydrogens is 230 g/mol. The second-order valence-electron chi connectivity index (χ2n) is 3.76. The maximum Gasteiger partial charge on any atom is 0.242 e. The normalized spacial score (nSPS) is 10.1. The van der Waals surface area contributed by atoms with Gasteiger partial charge >= 0.3 is 0 Å². The quantitative estimate of drug-likeness (QED) is 0.846. The molecule has 0 saturated heterocycles. The molecule has 0 bridgehead atoms. The van der Waals surface area contributed by atoms with Gasteiger partial charge in [0.1, 0.15) is 11.5 Å². The molecule has 6 nitrogen and oxygen atoms in total. The summed E-state index contributed by atoms with van der Waals surface area (Å²) >= 11 is 0. The summed E-state index contributed by atoms with van der Waals surface area (Å²) in [5, 5.41) is 3.15. The van der Waals surface area contributed by atoms with E-state index < -0.39 is 0 Å². The highest BCUT2D eigenvalue weighted by Crippen LogP contribution is 2.25. The first-order valence-electron chi connectivity index (χ1n) is 5.51. The van der Waals surface area contributed by atoms with E-state index in [1.54, 1.807) is 19.3 Å². The minimum atomic E-state index is 0.385. The summed E-state index contributed by atoms with van der Waals surface area (Å²) in [6, 6.07) is 3.85. The monoisotopic (exact) mass is 245 g/mol. The fourth-order valence-corrected chi connectivity index (χ4v) is 1.53. The second kappa shape index (κ2) is 5.31. The molecule has 2 rings (SSSR count). The van der Waals surface area contributed by atoms with Crippen molar-refractivity contribution in [3.05, 3.63) is 35.9 Å². The third-order valence-corrected chi connectivity index (χ3v) is 2.40. The number of nitrogens with zero attached hydrogens (tertiary/aromatic N) is 3. The number of nitrogen functional groups attached to an aromatic ring is 1. The van der Waals surface area contributed by atoms with Crippen LogP contribution in [0.5, 0.6) is 5.88 Å². The Hall–Kier alpha value is -2.37. The summed E-state index contributed by atoms with van der Waals surface area (Å²) in [6.07, 6.45) is 3.52. The van der Waals surface area contributed by atoms with Gasteiger partial charge in [0.15, 0.2) is 5.82 Å². The Kier molecular flexibility index (Phi) is 3.57. The molecule has 3 N–H and O–H groups in total. The minimum absolute atomic E-state index is 0.385. The molecule has 0 atom stereocenters. The number of methoxy groups -OCH3 is 1. The van der Waals surface area contributed by atoms with Crippen LogP contribution in [0.25, 0.3) is 0 Å². The summed E-state index contributed by atoms with van der Waals surface area (Å²) < 4.78 is 5.09. The Morgan fingerprint density at radius 3 is 2.89 bits per heavy atom. The molecule has 0 aliphatic heterocycles. The summed E-state index contributed by atoms with van der Waals surface area (Å²) in [4.78, 5) is 12.4. The van der Waals surface area contributed by atoms with Gasteiger partial charge < -0.3 is 15.8 Å². The van der Waals surface area contributed by atoms with Gasteiger partial charge in [-0.2, -0.15) is 4.98 Å². The van der Waals surface area contributed by atoms with Crippen molar-refractivity contribution in [3.8, 4) is 5.88 Å². The van der Waals surface area contributed by atoms with Gasteiger partial charge in [-0.05, 0) is 18.6 Å². The summed E-state index contributed by atoms with van der Waals surface area (Å²) in [5.74, 6) is 1.56. The molecular formula is C12H15N5O. The number of rotatable bonds is 4. The van der Waals surface area contributed by atoms with E-state index in [0.29, 0.717) is 29.8 Å². The molecule has 0 spiro atoms. The molecule has 0 fully saturated rings. The van der Waals surface area contributed by atoms with Crippen LogP contribution >= 0.6 is 0 Å². The topological polar surface area (TPSA) is 86.0 Å². The number of ether oxygens (including phenoxy) is 1. The third-order valence-electron chi connectivity index (χ3n) is 2.40. The Morgan fingerprint density at radius 2 is 2.22 bits per heavy atom. The minimum Gasteiger partial charge on any atom is -0.479 e. The molecule has 0 aromatic carbocycles. The highest BCUT2D eigenvalue weighted by Gasteiger charge is 2.10. The first-order valence-corrected chi connectivity index (χ1v) is 5.51. The zero-order valence-corrected chi connectivity index (χ0v) is 10.3. The number of hydrogen-bond acceptors (Lipinski definition) is 6. The molecule has 2 heterocycles. The smallest absolute Gasteiger partial charge is 0.242 e. The van der Waals surface area contributed by atoms with Crippen molar-refractivity contribution in [2.45, 2.75) is 13.5 Å². The van der Waals surface area contributed by atoms with Crippen LogP contribution in [0, 0.1) is 6.92 Å². The number of aromatic nitrogens is 3. The van der Waals surface area contributed by atoms with Gasteiger partial charge in [-0.3, -0.25) is 4.98 Å². The van der Waals surface area contributed by atoms with Crippen LogP contribution in [0.4, 0.5) is 11.5 Å². The number of aryl methyl sites for hydroxylation is 1. The number of pyridine rings is 1. The lowest BCUT2D eigenvalue weighted by Crippen LogP contribution is -2.08. The average Bonchev–Trinajstić information content (AvgIpc) is 2.40. The van der Waals surface area contributed by atoms with Crippen molar-refractivity contribution in [2.24, 2.45) is 0 Å². The van der Waals surface area contributed by atoms with E-state index in [2.05, 4.69) is 20.3 Å². The lowest BCUT2D eigenvalue weighted by molar-refractivity contribution is 0.398. The summed E-state index contributed by atoms with van der Waals surface area (Å²) in [5.41, 5.74) is 7.36. The van der Waals surface area contributed by atoms with Gasteiger partial charge in [0, 0.05) is 18.9 Å². The van der Waals surface area contributed by atoms with Crippen molar-refractivity contribution in [1.29, 1.82) is 0 Å². The van der Waals surface area contributed by atoms with Crippen LogP contribution in [-0.2, 0) is 6.54 Å². The van der Waals surface area contributed by atoms with E-state index in [1.165, 1.54) is 7.11 Å². The molecule has 0 unspecified atom stereocenters. The predicted octanol–water partition coefficient (Wildman–Crippen LogP) is 1.38. The van der Waals surface area contributed by atoms with E-state index in [0.717, 1.165) is 5.56 Å². The molecule has 6 heteroatoms. The van der Waals surface area contributed by atoms with Gasteiger partial charge in [0.05, 0.1) is 7.11 Å². The molecule has 0 saturated carbocycles. The molecule has 18 heavy (non-hydrogen) atoms. The summed E-state index contributed by atoms with van der Waals surface area (Å²) in [7, 11) is 1.53. The SMILES string of the molecule is COc1nc(C)nc(NCc2cccnc2)c1N. The van der Waals surface area contributed by atoms with Crippen LogP contribution in [0.3, 0.4) is 0 Å². The van der Waals surface area contributed by atoms with Crippen LogP contribution < -0.4 is 15.8 Å².